The van der Waals surface area contributed by atoms with Crippen LogP contribution in [-0.2, 0) is 6.54 Å². The zero-order chi connectivity index (χ0) is 15.2. The van der Waals surface area contributed by atoms with Crippen molar-refractivity contribution in [2.45, 2.75) is 39.8 Å². The van der Waals surface area contributed by atoms with Crippen LogP contribution in [0.15, 0.2) is 24.5 Å². The van der Waals surface area contributed by atoms with Gasteiger partial charge in [-0.25, -0.2) is 4.79 Å². The minimum absolute atomic E-state index is 0.0288. The fraction of sp³-hybridized carbons (Fsp3) is 0.467. The third-order valence-electron chi connectivity index (χ3n) is 3.30. The number of nitrogens with zero attached hydrogens (tertiary/aromatic N) is 2. The highest BCUT2D eigenvalue weighted by molar-refractivity contribution is 7.12. The molecule has 2 aromatic heterocycles. The standard InChI is InChI=1S/C15H22N4OS/c1-11-10-14(13(3)21-11)12(2)18-15(20)16-6-4-8-19-9-5-7-17-19/h5,7,9-10,12H,4,6,8H2,1-3H3,(H2,16,18,20). The van der Waals surface area contributed by atoms with Crippen LogP contribution in [0.1, 0.15) is 34.7 Å². The number of aryl methyl sites for hydroxylation is 3. The maximum Gasteiger partial charge on any atom is 0.315 e. The fourth-order valence-corrected chi connectivity index (χ4v) is 3.30. The minimum Gasteiger partial charge on any atom is -0.338 e. The maximum absolute atomic E-state index is 11.9. The lowest BCUT2D eigenvalue weighted by Crippen LogP contribution is -2.37. The Balaban J connectivity index is 1.70. The van der Waals surface area contributed by atoms with E-state index < -0.39 is 0 Å². The molecule has 0 spiro atoms. The number of thiophene rings is 1. The van der Waals surface area contributed by atoms with E-state index in [1.54, 1.807) is 17.5 Å². The second kappa shape index (κ2) is 7.26. The summed E-state index contributed by atoms with van der Waals surface area (Å²) in [5.41, 5.74) is 1.20. The Labute approximate surface area is 129 Å². The monoisotopic (exact) mass is 306 g/mol. The van der Waals surface area contributed by atoms with Crippen LogP contribution >= 0.6 is 11.3 Å². The van der Waals surface area contributed by atoms with Crippen LogP contribution < -0.4 is 10.6 Å². The minimum atomic E-state index is -0.119. The Kier molecular flexibility index (Phi) is 5.38. The Morgan fingerprint density at radius 2 is 2.29 bits per heavy atom. The van der Waals surface area contributed by atoms with Gasteiger partial charge in [-0.15, -0.1) is 11.3 Å². The van der Waals surface area contributed by atoms with Crippen molar-refractivity contribution in [2.75, 3.05) is 6.54 Å². The quantitative estimate of drug-likeness (QED) is 0.806. The van der Waals surface area contributed by atoms with Crippen LogP contribution in [0.25, 0.3) is 0 Å². The summed E-state index contributed by atoms with van der Waals surface area (Å²) in [6.45, 7) is 7.64. The van der Waals surface area contributed by atoms with Crippen molar-refractivity contribution in [1.82, 2.24) is 20.4 Å². The molecule has 0 saturated heterocycles. The van der Waals surface area contributed by atoms with Gasteiger partial charge in [-0.2, -0.15) is 5.10 Å². The Bertz CT molecular complexity index is 577. The molecule has 2 amide bonds. The fourth-order valence-electron chi connectivity index (χ4n) is 2.28. The highest BCUT2D eigenvalue weighted by Crippen LogP contribution is 2.25. The predicted octanol–water partition coefficient (Wildman–Crippen LogP) is 3.01. The molecule has 0 bridgehead atoms. The van der Waals surface area contributed by atoms with Crippen molar-refractivity contribution in [3.8, 4) is 0 Å². The smallest absolute Gasteiger partial charge is 0.315 e. The lowest BCUT2D eigenvalue weighted by molar-refractivity contribution is 0.237. The number of rotatable bonds is 6. The number of carbonyl (C=O) groups excluding carboxylic acids is 1. The number of hydrogen-bond acceptors (Lipinski definition) is 3. The van der Waals surface area contributed by atoms with Crippen molar-refractivity contribution in [3.63, 3.8) is 0 Å². The van der Waals surface area contributed by atoms with E-state index in [0.29, 0.717) is 6.54 Å². The van der Waals surface area contributed by atoms with E-state index >= 15 is 0 Å². The van der Waals surface area contributed by atoms with Crippen LogP contribution in [0.4, 0.5) is 4.79 Å². The lowest BCUT2D eigenvalue weighted by atomic mass is 10.1. The van der Waals surface area contributed by atoms with E-state index in [0.717, 1.165) is 13.0 Å². The first-order chi connectivity index (χ1) is 10.1. The van der Waals surface area contributed by atoms with E-state index in [9.17, 15) is 4.79 Å². The summed E-state index contributed by atoms with van der Waals surface area (Å²) < 4.78 is 1.86. The molecule has 1 unspecified atom stereocenters. The summed E-state index contributed by atoms with van der Waals surface area (Å²) >= 11 is 1.76. The Morgan fingerprint density at radius 1 is 1.48 bits per heavy atom. The number of hydrogen-bond donors (Lipinski definition) is 2. The van der Waals surface area contributed by atoms with Gasteiger partial charge in [0.1, 0.15) is 0 Å². The summed E-state index contributed by atoms with van der Waals surface area (Å²) in [5, 5.41) is 9.98. The molecule has 2 aromatic rings. The Hall–Kier alpha value is -1.82. The van der Waals surface area contributed by atoms with Gasteiger partial charge in [0.15, 0.2) is 0 Å². The number of nitrogens with one attached hydrogen (secondary N) is 2. The molecular formula is C15H22N4OS. The van der Waals surface area contributed by atoms with E-state index in [1.165, 1.54) is 15.3 Å². The molecule has 2 heterocycles. The number of urea groups is 1. The van der Waals surface area contributed by atoms with Gasteiger partial charge in [0, 0.05) is 35.2 Å². The first-order valence-electron chi connectivity index (χ1n) is 7.15. The van der Waals surface area contributed by atoms with Gasteiger partial charge in [0.2, 0.25) is 0 Å². The van der Waals surface area contributed by atoms with Gasteiger partial charge in [-0.3, -0.25) is 4.68 Å². The van der Waals surface area contributed by atoms with Gasteiger partial charge in [0.05, 0.1) is 6.04 Å². The van der Waals surface area contributed by atoms with Gasteiger partial charge < -0.3 is 10.6 Å². The van der Waals surface area contributed by atoms with E-state index in [1.807, 2.05) is 23.9 Å². The second-order valence-electron chi connectivity index (χ2n) is 5.11. The SMILES string of the molecule is Cc1cc(C(C)NC(=O)NCCCn2cccn2)c(C)s1. The number of aromatic nitrogens is 2. The molecule has 2 N–H and O–H groups in total. The van der Waals surface area contributed by atoms with Gasteiger partial charge >= 0.3 is 6.03 Å². The molecule has 0 aliphatic heterocycles. The summed E-state index contributed by atoms with van der Waals surface area (Å²) in [7, 11) is 0. The first-order valence-corrected chi connectivity index (χ1v) is 7.96. The van der Waals surface area contributed by atoms with Crippen molar-refractivity contribution < 1.29 is 4.79 Å². The number of carbonyl (C=O) groups is 1. The maximum atomic E-state index is 11.9. The van der Waals surface area contributed by atoms with Gasteiger partial charge in [-0.1, -0.05) is 0 Å². The molecule has 0 saturated carbocycles. The van der Waals surface area contributed by atoms with E-state index in [-0.39, 0.29) is 12.1 Å². The van der Waals surface area contributed by atoms with Crippen LogP contribution in [-0.4, -0.2) is 22.4 Å². The molecule has 21 heavy (non-hydrogen) atoms. The zero-order valence-electron chi connectivity index (χ0n) is 12.7. The van der Waals surface area contributed by atoms with E-state index in [2.05, 4.69) is 35.6 Å². The van der Waals surface area contributed by atoms with Crippen molar-refractivity contribution in [2.24, 2.45) is 0 Å². The summed E-state index contributed by atoms with van der Waals surface area (Å²) in [5.74, 6) is 0. The molecule has 114 valence electrons. The third-order valence-corrected chi connectivity index (χ3v) is 4.28. The normalized spacial score (nSPS) is 12.1. The number of amides is 2. The zero-order valence-corrected chi connectivity index (χ0v) is 13.5. The summed E-state index contributed by atoms with van der Waals surface area (Å²) in [6, 6.07) is 3.95. The van der Waals surface area contributed by atoms with Gasteiger partial charge in [0.25, 0.3) is 0 Å². The molecule has 5 nitrogen and oxygen atoms in total. The molecule has 0 aliphatic carbocycles. The Morgan fingerprint density at radius 3 is 2.90 bits per heavy atom. The molecule has 0 radical (unpaired) electrons. The topological polar surface area (TPSA) is 59.0 Å². The van der Waals surface area contributed by atoms with Crippen molar-refractivity contribution in [1.29, 1.82) is 0 Å². The predicted molar refractivity (Wildman–Crippen MR) is 85.6 cm³/mol. The molecule has 0 fully saturated rings. The molecule has 1 atom stereocenters. The molecule has 6 heteroatoms. The second-order valence-corrected chi connectivity index (χ2v) is 6.57. The van der Waals surface area contributed by atoms with Crippen LogP contribution in [0.2, 0.25) is 0 Å². The summed E-state index contributed by atoms with van der Waals surface area (Å²) in [6.07, 6.45) is 4.54. The average Bonchev–Trinajstić information content (AvgIpc) is 3.04. The average molecular weight is 306 g/mol. The van der Waals surface area contributed by atoms with Crippen LogP contribution in [0, 0.1) is 13.8 Å². The first kappa shape index (κ1) is 15.6. The van der Waals surface area contributed by atoms with E-state index in [4.69, 9.17) is 0 Å². The van der Waals surface area contributed by atoms with Crippen LogP contribution in [0.5, 0.6) is 0 Å². The highest BCUT2D eigenvalue weighted by atomic mass is 32.1. The molecule has 0 aliphatic rings. The molecule has 2 rings (SSSR count). The van der Waals surface area contributed by atoms with Crippen LogP contribution in [0.3, 0.4) is 0 Å². The van der Waals surface area contributed by atoms with Crippen molar-refractivity contribution in [3.05, 3.63) is 39.8 Å². The largest absolute Gasteiger partial charge is 0.338 e. The molecule has 0 aromatic carbocycles. The summed E-state index contributed by atoms with van der Waals surface area (Å²) in [4.78, 5) is 14.4. The van der Waals surface area contributed by atoms with Gasteiger partial charge in [-0.05, 0) is 44.9 Å². The molecular weight excluding hydrogens is 284 g/mol. The third kappa shape index (κ3) is 4.60. The highest BCUT2D eigenvalue weighted by Gasteiger charge is 2.13. The van der Waals surface area contributed by atoms with Crippen molar-refractivity contribution >= 4 is 17.4 Å². The lowest BCUT2D eigenvalue weighted by Gasteiger charge is -2.14.